The number of rotatable bonds is 2. The number of halogens is 1. The van der Waals surface area contributed by atoms with Crippen molar-refractivity contribution < 1.29 is 9.18 Å². The number of anilines is 2. The molecule has 2 rings (SSSR count). The Kier molecular flexibility index (Phi) is 3.98. The van der Waals surface area contributed by atoms with Gasteiger partial charge < -0.3 is 11.1 Å². The van der Waals surface area contributed by atoms with E-state index in [9.17, 15) is 9.18 Å². The van der Waals surface area contributed by atoms with Crippen LogP contribution in [0.5, 0.6) is 0 Å². The second-order valence-corrected chi connectivity index (χ2v) is 5.95. The Hall–Kier alpha value is -2.36. The smallest absolute Gasteiger partial charge is 0.257 e. The third-order valence-electron chi connectivity index (χ3n) is 3.28. The van der Waals surface area contributed by atoms with Crippen LogP contribution in [0, 0.1) is 5.82 Å². The average molecular weight is 286 g/mol. The van der Waals surface area contributed by atoms with E-state index in [2.05, 4.69) is 26.1 Å². The number of carbonyl (C=O) groups excluding carboxylic acids is 1. The summed E-state index contributed by atoms with van der Waals surface area (Å²) >= 11 is 0. The van der Waals surface area contributed by atoms with E-state index in [0.717, 1.165) is 5.56 Å². The van der Waals surface area contributed by atoms with Gasteiger partial charge in [0.15, 0.2) is 0 Å². The first kappa shape index (κ1) is 15.0. The molecule has 21 heavy (non-hydrogen) atoms. The van der Waals surface area contributed by atoms with Gasteiger partial charge in [0.05, 0.1) is 11.3 Å². The van der Waals surface area contributed by atoms with E-state index >= 15 is 0 Å². The molecule has 0 aliphatic carbocycles. The molecule has 2 aromatic rings. The largest absolute Gasteiger partial charge is 0.396 e. The Balaban J connectivity index is 2.35. The van der Waals surface area contributed by atoms with Crippen molar-refractivity contribution in [1.29, 1.82) is 0 Å². The van der Waals surface area contributed by atoms with Gasteiger partial charge in [-0.3, -0.25) is 4.79 Å². The number of para-hydroxylation sites is 2. The second kappa shape index (κ2) is 5.56. The van der Waals surface area contributed by atoms with Gasteiger partial charge in [-0.2, -0.15) is 0 Å². The maximum Gasteiger partial charge on any atom is 0.257 e. The van der Waals surface area contributed by atoms with Crippen molar-refractivity contribution in [2.45, 2.75) is 26.2 Å². The summed E-state index contributed by atoms with van der Waals surface area (Å²) in [5.74, 6) is -1.00. The van der Waals surface area contributed by atoms with Crippen molar-refractivity contribution in [2.24, 2.45) is 0 Å². The molecular formula is C17H19FN2O. The van der Waals surface area contributed by atoms with Crippen molar-refractivity contribution in [3.05, 3.63) is 59.4 Å². The zero-order valence-electron chi connectivity index (χ0n) is 12.4. The van der Waals surface area contributed by atoms with Gasteiger partial charge in [-0.05, 0) is 29.2 Å². The van der Waals surface area contributed by atoms with E-state index in [0.29, 0.717) is 5.69 Å². The number of hydrogen-bond acceptors (Lipinski definition) is 2. The van der Waals surface area contributed by atoms with Gasteiger partial charge in [-0.15, -0.1) is 0 Å². The predicted octanol–water partition coefficient (Wildman–Crippen LogP) is 3.96. The lowest BCUT2D eigenvalue weighted by atomic mass is 9.86. The van der Waals surface area contributed by atoms with Crippen LogP contribution in [0.1, 0.15) is 36.7 Å². The summed E-state index contributed by atoms with van der Waals surface area (Å²) in [6, 6.07) is 11.8. The first-order valence-electron chi connectivity index (χ1n) is 6.75. The number of carbonyl (C=O) groups is 1. The Bertz CT molecular complexity index is 675. The molecule has 0 saturated carbocycles. The number of amides is 1. The van der Waals surface area contributed by atoms with Gasteiger partial charge >= 0.3 is 0 Å². The number of nitrogen functional groups attached to an aromatic ring is 1. The van der Waals surface area contributed by atoms with Crippen LogP contribution in [-0.2, 0) is 5.41 Å². The minimum absolute atomic E-state index is 0.114. The highest BCUT2D eigenvalue weighted by Crippen LogP contribution is 2.30. The van der Waals surface area contributed by atoms with Crippen LogP contribution >= 0.6 is 0 Å². The average Bonchev–Trinajstić information content (AvgIpc) is 2.41. The van der Waals surface area contributed by atoms with Crippen molar-refractivity contribution in [1.82, 2.24) is 0 Å². The van der Waals surface area contributed by atoms with E-state index in [1.165, 1.54) is 18.2 Å². The van der Waals surface area contributed by atoms with Crippen LogP contribution in [0.2, 0.25) is 0 Å². The lowest BCUT2D eigenvalue weighted by Crippen LogP contribution is -2.19. The minimum Gasteiger partial charge on any atom is -0.396 e. The Morgan fingerprint density at radius 2 is 1.76 bits per heavy atom. The first-order valence-corrected chi connectivity index (χ1v) is 6.75. The zero-order chi connectivity index (χ0) is 15.6. The van der Waals surface area contributed by atoms with Crippen LogP contribution in [0.25, 0.3) is 0 Å². The van der Waals surface area contributed by atoms with E-state index < -0.39 is 11.7 Å². The van der Waals surface area contributed by atoms with Gasteiger partial charge in [0.1, 0.15) is 5.82 Å². The van der Waals surface area contributed by atoms with Crippen molar-refractivity contribution in [3.63, 3.8) is 0 Å². The third-order valence-corrected chi connectivity index (χ3v) is 3.28. The lowest BCUT2D eigenvalue weighted by molar-refractivity contribution is 0.102. The molecule has 0 saturated heterocycles. The standard InChI is InChI=1S/C17H19FN2O/c1-17(2,3)12-8-4-5-10-14(12)20-16(21)11-7-6-9-13(18)15(11)19/h4-10H,19H2,1-3H3,(H,20,21). The molecule has 0 heterocycles. The molecule has 0 radical (unpaired) electrons. The molecular weight excluding hydrogens is 267 g/mol. The normalized spacial score (nSPS) is 11.2. The molecule has 0 bridgehead atoms. The Morgan fingerprint density at radius 3 is 2.43 bits per heavy atom. The molecule has 3 N–H and O–H groups in total. The Morgan fingerprint density at radius 1 is 1.10 bits per heavy atom. The Labute approximate surface area is 124 Å². The van der Waals surface area contributed by atoms with Crippen molar-refractivity contribution >= 4 is 17.3 Å². The quantitative estimate of drug-likeness (QED) is 0.821. The van der Waals surface area contributed by atoms with E-state index in [1.807, 2.05) is 24.3 Å². The maximum atomic E-state index is 13.4. The lowest BCUT2D eigenvalue weighted by Gasteiger charge is -2.23. The third kappa shape index (κ3) is 3.21. The minimum atomic E-state index is -0.591. The number of hydrogen-bond donors (Lipinski definition) is 2. The summed E-state index contributed by atoms with van der Waals surface area (Å²) in [7, 11) is 0. The summed E-state index contributed by atoms with van der Waals surface area (Å²) in [4.78, 5) is 12.3. The fraction of sp³-hybridized carbons (Fsp3) is 0.235. The van der Waals surface area contributed by atoms with Crippen molar-refractivity contribution in [2.75, 3.05) is 11.1 Å². The van der Waals surface area contributed by atoms with Crippen LogP contribution in [-0.4, -0.2) is 5.91 Å². The van der Waals surface area contributed by atoms with Gasteiger partial charge in [0.25, 0.3) is 5.91 Å². The summed E-state index contributed by atoms with van der Waals surface area (Å²) in [6.07, 6.45) is 0. The van der Waals surface area contributed by atoms with E-state index in [4.69, 9.17) is 5.73 Å². The number of nitrogens with two attached hydrogens (primary N) is 1. The van der Waals surface area contributed by atoms with Gasteiger partial charge in [-0.25, -0.2) is 4.39 Å². The molecule has 0 aliphatic rings. The molecule has 0 aromatic heterocycles. The summed E-state index contributed by atoms with van der Waals surface area (Å²) in [6.45, 7) is 6.19. The van der Waals surface area contributed by atoms with E-state index in [-0.39, 0.29) is 16.7 Å². The zero-order valence-corrected chi connectivity index (χ0v) is 12.4. The fourth-order valence-electron chi connectivity index (χ4n) is 2.17. The maximum absolute atomic E-state index is 13.4. The van der Waals surface area contributed by atoms with Gasteiger partial charge in [0, 0.05) is 5.69 Å². The topological polar surface area (TPSA) is 55.1 Å². The molecule has 2 aromatic carbocycles. The molecule has 0 atom stereocenters. The molecule has 1 amide bonds. The highest BCUT2D eigenvalue weighted by Gasteiger charge is 2.20. The summed E-state index contributed by atoms with van der Waals surface area (Å²) < 4.78 is 13.4. The van der Waals surface area contributed by atoms with E-state index in [1.54, 1.807) is 0 Å². The molecule has 0 aliphatic heterocycles. The number of benzene rings is 2. The predicted molar refractivity (Wildman–Crippen MR) is 83.9 cm³/mol. The highest BCUT2D eigenvalue weighted by atomic mass is 19.1. The van der Waals surface area contributed by atoms with Crippen molar-refractivity contribution in [3.8, 4) is 0 Å². The molecule has 0 unspecified atom stereocenters. The molecule has 0 spiro atoms. The highest BCUT2D eigenvalue weighted by molar-refractivity contribution is 6.08. The van der Waals surface area contributed by atoms with Crippen LogP contribution in [0.3, 0.4) is 0 Å². The SMILES string of the molecule is CC(C)(C)c1ccccc1NC(=O)c1cccc(F)c1N. The fourth-order valence-corrected chi connectivity index (χ4v) is 2.17. The molecule has 3 nitrogen and oxygen atoms in total. The molecule has 110 valence electrons. The molecule has 0 fully saturated rings. The van der Waals surface area contributed by atoms with Gasteiger partial charge in [-0.1, -0.05) is 45.0 Å². The summed E-state index contributed by atoms with van der Waals surface area (Å²) in [5.41, 5.74) is 7.23. The van der Waals surface area contributed by atoms with Gasteiger partial charge in [0.2, 0.25) is 0 Å². The molecule has 4 heteroatoms. The first-order chi connectivity index (χ1) is 9.80. The monoisotopic (exact) mass is 286 g/mol. The van der Waals surface area contributed by atoms with Crippen LogP contribution < -0.4 is 11.1 Å². The number of nitrogens with one attached hydrogen (secondary N) is 1. The summed E-state index contributed by atoms with van der Waals surface area (Å²) in [5, 5.41) is 2.82. The van der Waals surface area contributed by atoms with Crippen LogP contribution in [0.15, 0.2) is 42.5 Å². The second-order valence-electron chi connectivity index (χ2n) is 5.95. The van der Waals surface area contributed by atoms with Crippen LogP contribution in [0.4, 0.5) is 15.8 Å².